The van der Waals surface area contributed by atoms with Gasteiger partial charge in [0.15, 0.2) is 0 Å². The fourth-order valence-corrected chi connectivity index (χ4v) is 0.476. The van der Waals surface area contributed by atoms with E-state index in [4.69, 9.17) is 0 Å². The summed E-state index contributed by atoms with van der Waals surface area (Å²) in [7, 11) is 0. The van der Waals surface area contributed by atoms with Crippen molar-refractivity contribution in [1.82, 2.24) is 0 Å². The maximum atomic E-state index is 11.6. The van der Waals surface area contributed by atoms with E-state index in [1.54, 1.807) is 0 Å². The minimum atomic E-state index is -4.22. The molecule has 0 aliphatic rings. The maximum absolute atomic E-state index is 11.6. The molecule has 9 heavy (non-hydrogen) atoms. The van der Waals surface area contributed by atoms with E-state index in [2.05, 4.69) is 23.2 Å². The van der Waals surface area contributed by atoms with Crippen LogP contribution in [-0.4, -0.2) is 17.2 Å². The van der Waals surface area contributed by atoms with E-state index in [1.807, 2.05) is 0 Å². The highest BCUT2D eigenvalue weighted by Crippen LogP contribution is 2.30. The van der Waals surface area contributed by atoms with Crippen LogP contribution in [0, 0.1) is 0 Å². The average molecular weight is 185 g/mol. The third-order valence-electron chi connectivity index (χ3n) is 0.534. The molecule has 2 unspecified atom stereocenters. The minimum Gasteiger partial charge on any atom is -0.235 e. The van der Waals surface area contributed by atoms with Gasteiger partial charge >= 0.3 is 5.38 Å². The normalized spacial score (nSPS) is 19.3. The molecule has 0 rings (SSSR count). The minimum absolute atomic E-state index is 2.77. The van der Waals surface area contributed by atoms with Gasteiger partial charge in [-0.25, -0.2) is 8.78 Å². The van der Waals surface area contributed by atoms with Crippen molar-refractivity contribution >= 4 is 23.2 Å². The molecular weight excluding hydrogens is 183 g/mol. The summed E-state index contributed by atoms with van der Waals surface area (Å²) in [5.41, 5.74) is -2.77. The molecule has 0 aromatic rings. The number of hydrogen-bond acceptors (Lipinski definition) is 0. The number of halogens is 6. The zero-order chi connectivity index (χ0) is 7.65. The summed E-state index contributed by atoms with van der Waals surface area (Å²) in [6, 6.07) is 0. The summed E-state index contributed by atoms with van der Waals surface area (Å²) in [6.45, 7) is 0. The van der Waals surface area contributed by atoms with E-state index >= 15 is 0 Å². The van der Waals surface area contributed by atoms with Gasteiger partial charge in [-0.05, 0) is 11.6 Å². The molecule has 0 nitrogen and oxygen atoms in total. The summed E-state index contributed by atoms with van der Waals surface area (Å²) in [5, 5.41) is -4.22. The first-order valence-electron chi connectivity index (χ1n) is 1.84. The van der Waals surface area contributed by atoms with Crippen LogP contribution in [0.3, 0.4) is 0 Å². The molecule has 0 saturated carbocycles. The average Bonchev–Trinajstić information content (AvgIpc) is 1.62. The van der Waals surface area contributed by atoms with Crippen LogP contribution < -0.4 is 0 Å². The van der Waals surface area contributed by atoms with Crippen LogP contribution in [0.1, 0.15) is 0 Å². The summed E-state index contributed by atoms with van der Waals surface area (Å²) in [5.74, 6) is 0. The monoisotopic (exact) mass is 184 g/mol. The van der Waals surface area contributed by atoms with Crippen molar-refractivity contribution in [1.29, 1.82) is 0 Å². The van der Waals surface area contributed by atoms with Gasteiger partial charge in [0, 0.05) is 0 Å². The van der Waals surface area contributed by atoms with E-state index in [1.165, 1.54) is 0 Å². The Bertz CT molecular complexity index is 88.3. The predicted molar refractivity (Wildman–Crippen MR) is 26.4 cm³/mol. The fourth-order valence-electron chi connectivity index (χ4n) is 0.143. The topological polar surface area (TPSA) is 0 Å². The lowest BCUT2D eigenvalue weighted by atomic mass is 10.4. The Labute approximate surface area is 58.7 Å². The maximum Gasteiger partial charge on any atom is 0.356 e. The molecular formula is C3H2Cl2F4. The predicted octanol–water partition coefficient (Wildman–Crippen LogP) is 2.69. The van der Waals surface area contributed by atoms with Crippen molar-refractivity contribution in [3.8, 4) is 0 Å². The molecule has 2 atom stereocenters. The molecule has 0 fully saturated rings. The van der Waals surface area contributed by atoms with Crippen LogP contribution in [0.5, 0.6) is 0 Å². The first-order valence-corrected chi connectivity index (χ1v) is 2.66. The van der Waals surface area contributed by atoms with Crippen LogP contribution in [-0.2, 0) is 0 Å². The lowest BCUT2D eigenvalue weighted by molar-refractivity contribution is -0.0133. The molecule has 56 valence electrons. The molecule has 0 radical (unpaired) electrons. The highest BCUT2D eigenvalue weighted by molar-refractivity contribution is 6.24. The number of hydrogen-bond donors (Lipinski definition) is 0. The van der Waals surface area contributed by atoms with E-state index in [0.717, 1.165) is 0 Å². The molecule has 6 heteroatoms. The van der Waals surface area contributed by atoms with Crippen molar-refractivity contribution in [2.24, 2.45) is 0 Å². The standard InChI is InChI=1S/C3H2Cl2F4/c4-2(7)1(6)3(5,8)9/h1-2H. The zero-order valence-electron chi connectivity index (χ0n) is 3.92. The lowest BCUT2D eigenvalue weighted by Gasteiger charge is -2.12. The molecule has 0 aromatic heterocycles. The lowest BCUT2D eigenvalue weighted by Crippen LogP contribution is -2.29. The van der Waals surface area contributed by atoms with E-state index in [-0.39, 0.29) is 0 Å². The second-order valence-electron chi connectivity index (χ2n) is 1.28. The van der Waals surface area contributed by atoms with Crippen LogP contribution in [0.25, 0.3) is 0 Å². The van der Waals surface area contributed by atoms with Gasteiger partial charge in [-0.1, -0.05) is 11.6 Å². The first-order chi connectivity index (χ1) is 3.85. The van der Waals surface area contributed by atoms with Gasteiger partial charge in [0.05, 0.1) is 0 Å². The second kappa shape index (κ2) is 2.92. The largest absolute Gasteiger partial charge is 0.356 e. The molecule has 0 N–H and O–H groups in total. The summed E-state index contributed by atoms with van der Waals surface area (Å²) in [6.07, 6.45) is -3.15. The molecule has 0 aromatic carbocycles. The highest BCUT2D eigenvalue weighted by atomic mass is 35.5. The van der Waals surface area contributed by atoms with Crippen molar-refractivity contribution < 1.29 is 17.6 Å². The highest BCUT2D eigenvalue weighted by Gasteiger charge is 2.42. The van der Waals surface area contributed by atoms with Gasteiger partial charge < -0.3 is 0 Å². The SMILES string of the molecule is FC(Cl)C(F)C(F)(F)Cl. The van der Waals surface area contributed by atoms with Crippen LogP contribution >= 0.6 is 23.2 Å². The van der Waals surface area contributed by atoms with Gasteiger partial charge in [-0.2, -0.15) is 8.78 Å². The summed E-state index contributed by atoms with van der Waals surface area (Å²) in [4.78, 5) is 0. The van der Waals surface area contributed by atoms with Crippen molar-refractivity contribution in [2.75, 3.05) is 0 Å². The van der Waals surface area contributed by atoms with Crippen LogP contribution in [0.15, 0.2) is 0 Å². The first kappa shape index (κ1) is 9.30. The number of alkyl halides is 6. The third-order valence-corrected chi connectivity index (χ3v) is 0.964. The van der Waals surface area contributed by atoms with E-state index in [9.17, 15) is 17.6 Å². The fraction of sp³-hybridized carbons (Fsp3) is 1.00. The Kier molecular flexibility index (Phi) is 3.02. The molecule has 0 aliphatic carbocycles. The van der Waals surface area contributed by atoms with Gasteiger partial charge in [-0.3, -0.25) is 0 Å². The summed E-state index contributed by atoms with van der Waals surface area (Å²) >= 11 is 8.35. The molecule has 0 heterocycles. The Morgan fingerprint density at radius 2 is 1.56 bits per heavy atom. The molecule has 0 amide bonds. The second-order valence-corrected chi connectivity index (χ2v) is 2.20. The summed E-state index contributed by atoms with van der Waals surface area (Å²) < 4.78 is 45.9. The van der Waals surface area contributed by atoms with Crippen molar-refractivity contribution in [2.45, 2.75) is 17.2 Å². The van der Waals surface area contributed by atoms with Crippen LogP contribution in [0.4, 0.5) is 17.6 Å². The molecule has 0 spiro atoms. The van der Waals surface area contributed by atoms with Gasteiger partial charge in [0.1, 0.15) is 0 Å². The van der Waals surface area contributed by atoms with Crippen molar-refractivity contribution in [3.05, 3.63) is 0 Å². The van der Waals surface area contributed by atoms with Gasteiger partial charge in [0.25, 0.3) is 0 Å². The van der Waals surface area contributed by atoms with Gasteiger partial charge in [0.2, 0.25) is 11.8 Å². The zero-order valence-corrected chi connectivity index (χ0v) is 5.43. The van der Waals surface area contributed by atoms with Crippen molar-refractivity contribution in [3.63, 3.8) is 0 Å². The van der Waals surface area contributed by atoms with Gasteiger partial charge in [-0.15, -0.1) is 0 Å². The Hall–Kier alpha value is 0.300. The third kappa shape index (κ3) is 3.11. The molecule has 0 saturated heterocycles. The Morgan fingerprint density at radius 1 is 1.22 bits per heavy atom. The van der Waals surface area contributed by atoms with E-state index < -0.39 is 17.2 Å². The Morgan fingerprint density at radius 3 is 1.56 bits per heavy atom. The van der Waals surface area contributed by atoms with E-state index in [0.29, 0.717) is 0 Å². The van der Waals surface area contributed by atoms with Crippen LogP contribution in [0.2, 0.25) is 0 Å². The number of rotatable bonds is 2. The smallest absolute Gasteiger partial charge is 0.235 e. The molecule has 0 aliphatic heterocycles. The quantitative estimate of drug-likeness (QED) is 0.458. The Balaban J connectivity index is 3.88. The molecule has 0 bridgehead atoms.